The molecule has 3 rings (SSSR count). The molecule has 0 bridgehead atoms. The number of piperidine rings is 1. The normalized spacial score (nSPS) is 31.4. The molecular weight excluding hydrogens is 238 g/mol. The van der Waals surface area contributed by atoms with Gasteiger partial charge in [-0.15, -0.1) is 0 Å². The molecule has 0 radical (unpaired) electrons. The second-order valence-corrected chi connectivity index (χ2v) is 6.75. The monoisotopic (exact) mass is 267 g/mol. The van der Waals surface area contributed by atoms with Crippen molar-refractivity contribution in [3.63, 3.8) is 0 Å². The maximum atomic E-state index is 11.1. The van der Waals surface area contributed by atoms with E-state index in [4.69, 9.17) is 4.74 Å². The van der Waals surface area contributed by atoms with Gasteiger partial charge in [-0.05, 0) is 57.5 Å². The van der Waals surface area contributed by atoms with Crippen LogP contribution in [0.1, 0.15) is 57.8 Å². The molecule has 0 aromatic carbocycles. The van der Waals surface area contributed by atoms with Gasteiger partial charge in [0.1, 0.15) is 0 Å². The molecule has 1 N–H and O–H groups in total. The van der Waals surface area contributed by atoms with E-state index in [0.29, 0.717) is 5.92 Å². The molecule has 0 aromatic rings. The number of aliphatic hydroxyl groups is 1. The van der Waals surface area contributed by atoms with E-state index in [1.165, 1.54) is 58.0 Å². The Kier molecular flexibility index (Phi) is 4.45. The van der Waals surface area contributed by atoms with Gasteiger partial charge in [-0.3, -0.25) is 4.90 Å². The zero-order chi connectivity index (χ0) is 13.1. The molecule has 0 spiro atoms. The zero-order valence-electron chi connectivity index (χ0n) is 12.1. The fourth-order valence-corrected chi connectivity index (χ4v) is 4.60. The molecule has 1 aliphatic carbocycles. The fraction of sp³-hybridized carbons (Fsp3) is 1.00. The van der Waals surface area contributed by atoms with Crippen LogP contribution in [0, 0.1) is 5.92 Å². The molecule has 3 fully saturated rings. The number of likely N-dealkylation sites (tertiary alicyclic amines) is 1. The summed E-state index contributed by atoms with van der Waals surface area (Å²) >= 11 is 0. The predicted molar refractivity (Wildman–Crippen MR) is 76.2 cm³/mol. The standard InChI is InChI=1S/C16H29NO2/c18-15(14-6-12-19-13-7-14)16(8-2-3-9-16)17-10-4-1-5-11-17/h14-15,18H,1-13H2. The van der Waals surface area contributed by atoms with E-state index in [-0.39, 0.29) is 11.6 Å². The number of nitrogens with zero attached hydrogens (tertiary/aromatic N) is 1. The number of hydrogen-bond acceptors (Lipinski definition) is 3. The highest BCUT2D eigenvalue weighted by atomic mass is 16.5. The van der Waals surface area contributed by atoms with E-state index in [2.05, 4.69) is 4.90 Å². The quantitative estimate of drug-likeness (QED) is 0.853. The zero-order valence-corrected chi connectivity index (χ0v) is 12.1. The number of rotatable bonds is 3. The third kappa shape index (κ3) is 2.70. The van der Waals surface area contributed by atoms with E-state index >= 15 is 0 Å². The van der Waals surface area contributed by atoms with Gasteiger partial charge in [0.2, 0.25) is 0 Å². The topological polar surface area (TPSA) is 32.7 Å². The molecular formula is C16H29NO2. The average molecular weight is 267 g/mol. The van der Waals surface area contributed by atoms with Crippen molar-refractivity contribution in [1.29, 1.82) is 0 Å². The lowest BCUT2D eigenvalue weighted by molar-refractivity contribution is -0.0886. The maximum Gasteiger partial charge on any atom is 0.0753 e. The van der Waals surface area contributed by atoms with Gasteiger partial charge in [0, 0.05) is 18.8 Å². The van der Waals surface area contributed by atoms with E-state index in [1.807, 2.05) is 0 Å². The fourth-order valence-electron chi connectivity index (χ4n) is 4.60. The SMILES string of the molecule is OC(C1CCOCC1)C1(N2CCCCC2)CCCC1. The van der Waals surface area contributed by atoms with Gasteiger partial charge < -0.3 is 9.84 Å². The lowest BCUT2D eigenvalue weighted by atomic mass is 9.77. The molecule has 1 unspecified atom stereocenters. The summed E-state index contributed by atoms with van der Waals surface area (Å²) in [6.45, 7) is 4.11. The summed E-state index contributed by atoms with van der Waals surface area (Å²) in [5.74, 6) is 0.466. The Morgan fingerprint density at radius 3 is 2.21 bits per heavy atom. The Labute approximate surface area is 117 Å². The second-order valence-electron chi connectivity index (χ2n) is 6.75. The van der Waals surface area contributed by atoms with Gasteiger partial charge >= 0.3 is 0 Å². The highest BCUT2D eigenvalue weighted by Gasteiger charge is 2.48. The highest BCUT2D eigenvalue weighted by Crippen LogP contribution is 2.43. The molecule has 2 heterocycles. The molecule has 1 saturated carbocycles. The molecule has 2 saturated heterocycles. The molecule has 3 aliphatic rings. The Morgan fingerprint density at radius 2 is 1.58 bits per heavy atom. The first-order valence-electron chi connectivity index (χ1n) is 8.34. The van der Waals surface area contributed by atoms with Crippen LogP contribution >= 0.6 is 0 Å². The van der Waals surface area contributed by atoms with E-state index in [1.54, 1.807) is 0 Å². The van der Waals surface area contributed by atoms with Crippen LogP contribution in [0.3, 0.4) is 0 Å². The Hall–Kier alpha value is -0.120. The van der Waals surface area contributed by atoms with Crippen LogP contribution in [0.2, 0.25) is 0 Å². The van der Waals surface area contributed by atoms with Crippen molar-refractivity contribution in [3.8, 4) is 0 Å². The van der Waals surface area contributed by atoms with Crippen molar-refractivity contribution < 1.29 is 9.84 Å². The molecule has 19 heavy (non-hydrogen) atoms. The van der Waals surface area contributed by atoms with E-state index in [0.717, 1.165) is 26.1 Å². The van der Waals surface area contributed by atoms with Crippen LogP contribution in [0.4, 0.5) is 0 Å². The van der Waals surface area contributed by atoms with Crippen LogP contribution in [0.15, 0.2) is 0 Å². The van der Waals surface area contributed by atoms with Crippen molar-refractivity contribution in [2.24, 2.45) is 5.92 Å². The summed E-state index contributed by atoms with van der Waals surface area (Å²) in [4.78, 5) is 2.66. The summed E-state index contributed by atoms with van der Waals surface area (Å²) in [7, 11) is 0. The lowest BCUT2D eigenvalue weighted by Gasteiger charge is -2.49. The first-order chi connectivity index (χ1) is 9.33. The van der Waals surface area contributed by atoms with Gasteiger partial charge in [-0.1, -0.05) is 19.3 Å². The summed E-state index contributed by atoms with van der Waals surface area (Å²) in [5.41, 5.74) is 0.114. The van der Waals surface area contributed by atoms with E-state index < -0.39 is 0 Å². The van der Waals surface area contributed by atoms with Crippen molar-refractivity contribution in [1.82, 2.24) is 4.90 Å². The molecule has 110 valence electrons. The molecule has 2 aliphatic heterocycles. The van der Waals surface area contributed by atoms with Crippen LogP contribution in [-0.2, 0) is 4.74 Å². The first-order valence-corrected chi connectivity index (χ1v) is 8.34. The van der Waals surface area contributed by atoms with Crippen molar-refractivity contribution in [2.45, 2.75) is 69.4 Å². The summed E-state index contributed by atoms with van der Waals surface area (Å²) in [6, 6.07) is 0. The van der Waals surface area contributed by atoms with Crippen molar-refractivity contribution >= 4 is 0 Å². The van der Waals surface area contributed by atoms with Crippen molar-refractivity contribution in [3.05, 3.63) is 0 Å². The number of ether oxygens (including phenoxy) is 1. The first kappa shape index (κ1) is 13.8. The van der Waals surface area contributed by atoms with Crippen molar-refractivity contribution in [2.75, 3.05) is 26.3 Å². The van der Waals surface area contributed by atoms with Gasteiger partial charge in [0.25, 0.3) is 0 Å². The molecule has 0 aromatic heterocycles. The Morgan fingerprint density at radius 1 is 0.947 bits per heavy atom. The van der Waals surface area contributed by atoms with Gasteiger partial charge in [-0.2, -0.15) is 0 Å². The predicted octanol–water partition coefficient (Wildman–Crippen LogP) is 2.57. The largest absolute Gasteiger partial charge is 0.391 e. The molecule has 3 nitrogen and oxygen atoms in total. The van der Waals surface area contributed by atoms with E-state index in [9.17, 15) is 5.11 Å². The minimum Gasteiger partial charge on any atom is -0.391 e. The Balaban J connectivity index is 1.74. The van der Waals surface area contributed by atoms with Crippen LogP contribution in [0.5, 0.6) is 0 Å². The smallest absolute Gasteiger partial charge is 0.0753 e. The van der Waals surface area contributed by atoms with Gasteiger partial charge in [-0.25, -0.2) is 0 Å². The lowest BCUT2D eigenvalue weighted by Crippen LogP contribution is -2.59. The third-order valence-corrected chi connectivity index (χ3v) is 5.72. The third-order valence-electron chi connectivity index (χ3n) is 5.72. The summed E-state index contributed by atoms with van der Waals surface area (Å²) < 4.78 is 5.47. The average Bonchev–Trinajstić information content (AvgIpc) is 2.99. The molecule has 3 heteroatoms. The second kappa shape index (κ2) is 6.11. The highest BCUT2D eigenvalue weighted by molar-refractivity contribution is 5.03. The summed E-state index contributed by atoms with van der Waals surface area (Å²) in [6.07, 6.45) is 11.0. The minimum absolute atomic E-state index is 0.114. The van der Waals surface area contributed by atoms with Crippen LogP contribution in [-0.4, -0.2) is 48.0 Å². The van der Waals surface area contributed by atoms with Crippen LogP contribution < -0.4 is 0 Å². The summed E-state index contributed by atoms with van der Waals surface area (Å²) in [5, 5.41) is 11.1. The minimum atomic E-state index is -0.128. The molecule has 1 atom stereocenters. The Bertz CT molecular complexity index is 276. The maximum absolute atomic E-state index is 11.1. The van der Waals surface area contributed by atoms with Gasteiger partial charge in [0.05, 0.1) is 6.10 Å². The number of hydrogen-bond donors (Lipinski definition) is 1. The van der Waals surface area contributed by atoms with Gasteiger partial charge in [0.15, 0.2) is 0 Å². The van der Waals surface area contributed by atoms with Crippen LogP contribution in [0.25, 0.3) is 0 Å². The number of aliphatic hydroxyl groups excluding tert-OH is 1. The molecule has 0 amide bonds.